The molecule has 2 rings (SSSR count). The molecule has 21 heavy (non-hydrogen) atoms. The van der Waals surface area contributed by atoms with Gasteiger partial charge < -0.3 is 11.1 Å². The fraction of sp³-hybridized carbons (Fsp3) is 0.235. The van der Waals surface area contributed by atoms with E-state index in [0.717, 1.165) is 16.0 Å². The van der Waals surface area contributed by atoms with Gasteiger partial charge >= 0.3 is 0 Å². The van der Waals surface area contributed by atoms with Crippen LogP contribution in [-0.4, -0.2) is 12.5 Å². The molecule has 0 radical (unpaired) electrons. The van der Waals surface area contributed by atoms with Crippen LogP contribution >= 0.6 is 11.3 Å². The van der Waals surface area contributed by atoms with E-state index < -0.39 is 0 Å². The molecule has 0 aliphatic heterocycles. The van der Waals surface area contributed by atoms with E-state index in [1.807, 2.05) is 44.2 Å². The molecular formula is C17H18N2OS. The number of thiophene rings is 1. The van der Waals surface area contributed by atoms with Crippen molar-refractivity contribution < 1.29 is 4.79 Å². The number of hydrogen-bond donors (Lipinski definition) is 2. The van der Waals surface area contributed by atoms with Crippen molar-refractivity contribution in [3.8, 4) is 11.8 Å². The smallest absolute Gasteiger partial charge is 0.261 e. The minimum absolute atomic E-state index is 0.0628. The van der Waals surface area contributed by atoms with Crippen molar-refractivity contribution >= 4 is 17.2 Å². The summed E-state index contributed by atoms with van der Waals surface area (Å²) in [5.41, 5.74) is 8.69. The normalized spacial score (nSPS) is 9.86. The molecule has 1 aromatic heterocycles. The number of carbonyl (C=O) groups excluding carboxylic acids is 1. The van der Waals surface area contributed by atoms with Gasteiger partial charge in [0.1, 0.15) is 0 Å². The lowest BCUT2D eigenvalue weighted by atomic mass is 10.1. The molecule has 0 saturated carbocycles. The monoisotopic (exact) mass is 298 g/mol. The number of nitrogens with one attached hydrogen (secondary N) is 1. The predicted molar refractivity (Wildman–Crippen MR) is 87.3 cm³/mol. The van der Waals surface area contributed by atoms with Gasteiger partial charge in [0.15, 0.2) is 0 Å². The van der Waals surface area contributed by atoms with Crippen molar-refractivity contribution in [2.24, 2.45) is 5.73 Å². The molecule has 0 aliphatic carbocycles. The lowest BCUT2D eigenvalue weighted by Gasteiger charge is -2.06. The second kappa shape index (κ2) is 7.07. The summed E-state index contributed by atoms with van der Waals surface area (Å²) in [4.78, 5) is 13.8. The van der Waals surface area contributed by atoms with E-state index in [-0.39, 0.29) is 5.91 Å². The standard InChI is InChI=1S/C17H18N2OS/c1-12-6-3-4-7-14(12)11-19-17(20)16-10-13(2)15(21-16)8-5-9-18/h3-4,6-7,10H,9,11,18H2,1-2H3,(H,19,20). The zero-order valence-electron chi connectivity index (χ0n) is 12.2. The van der Waals surface area contributed by atoms with Gasteiger partial charge in [-0.05, 0) is 36.6 Å². The highest BCUT2D eigenvalue weighted by Crippen LogP contribution is 2.21. The van der Waals surface area contributed by atoms with E-state index in [1.165, 1.54) is 16.9 Å². The zero-order valence-corrected chi connectivity index (χ0v) is 13.0. The van der Waals surface area contributed by atoms with Crippen LogP contribution in [0, 0.1) is 25.7 Å². The Hall–Kier alpha value is -2.09. The molecular weight excluding hydrogens is 280 g/mol. The van der Waals surface area contributed by atoms with Gasteiger partial charge in [-0.2, -0.15) is 0 Å². The Bertz CT molecular complexity index is 707. The molecule has 3 nitrogen and oxygen atoms in total. The van der Waals surface area contributed by atoms with Crippen molar-refractivity contribution in [2.45, 2.75) is 20.4 Å². The molecule has 0 aliphatic rings. The Balaban J connectivity index is 2.06. The van der Waals surface area contributed by atoms with Gasteiger partial charge in [-0.25, -0.2) is 0 Å². The number of rotatable bonds is 3. The summed E-state index contributed by atoms with van der Waals surface area (Å²) in [6.07, 6.45) is 0. The Morgan fingerprint density at radius 1 is 1.29 bits per heavy atom. The molecule has 0 saturated heterocycles. The SMILES string of the molecule is Cc1ccccc1CNC(=O)c1cc(C)c(C#CCN)s1. The van der Waals surface area contributed by atoms with Crippen molar-refractivity contribution in [1.29, 1.82) is 0 Å². The van der Waals surface area contributed by atoms with E-state index in [2.05, 4.69) is 17.2 Å². The number of aryl methyl sites for hydroxylation is 2. The fourth-order valence-corrected chi connectivity index (χ4v) is 2.88. The number of nitrogens with two attached hydrogens (primary N) is 1. The van der Waals surface area contributed by atoms with Gasteiger partial charge in [-0.15, -0.1) is 11.3 Å². The van der Waals surface area contributed by atoms with Crippen molar-refractivity contribution in [3.63, 3.8) is 0 Å². The average Bonchev–Trinajstić information content (AvgIpc) is 2.85. The molecule has 1 amide bonds. The molecule has 4 heteroatoms. The van der Waals surface area contributed by atoms with E-state index in [1.54, 1.807) is 0 Å². The van der Waals surface area contributed by atoms with E-state index in [0.29, 0.717) is 18.0 Å². The summed E-state index contributed by atoms with van der Waals surface area (Å²) in [7, 11) is 0. The topological polar surface area (TPSA) is 55.1 Å². The lowest BCUT2D eigenvalue weighted by Crippen LogP contribution is -2.22. The molecule has 0 atom stereocenters. The quantitative estimate of drug-likeness (QED) is 0.856. The second-order valence-electron chi connectivity index (χ2n) is 4.74. The van der Waals surface area contributed by atoms with Gasteiger partial charge in [-0.1, -0.05) is 36.1 Å². The third-order valence-corrected chi connectivity index (χ3v) is 4.30. The first-order valence-electron chi connectivity index (χ1n) is 6.74. The van der Waals surface area contributed by atoms with Crippen LogP contribution in [-0.2, 0) is 6.54 Å². The van der Waals surface area contributed by atoms with Crippen LogP contribution in [0.3, 0.4) is 0 Å². The van der Waals surface area contributed by atoms with Crippen molar-refractivity contribution in [1.82, 2.24) is 5.32 Å². The fourth-order valence-electron chi connectivity index (χ4n) is 1.92. The maximum absolute atomic E-state index is 12.2. The van der Waals surface area contributed by atoms with Crippen LogP contribution in [0.2, 0.25) is 0 Å². The minimum atomic E-state index is -0.0628. The number of amides is 1. The number of hydrogen-bond acceptors (Lipinski definition) is 3. The third-order valence-electron chi connectivity index (χ3n) is 3.15. The van der Waals surface area contributed by atoms with Gasteiger partial charge in [0.05, 0.1) is 16.3 Å². The van der Waals surface area contributed by atoms with Gasteiger partial charge in [0.2, 0.25) is 0 Å². The maximum Gasteiger partial charge on any atom is 0.261 e. The second-order valence-corrected chi connectivity index (χ2v) is 5.79. The van der Waals surface area contributed by atoms with Crippen LogP contribution in [0.15, 0.2) is 30.3 Å². The van der Waals surface area contributed by atoms with Crippen LogP contribution < -0.4 is 11.1 Å². The largest absolute Gasteiger partial charge is 0.347 e. The minimum Gasteiger partial charge on any atom is -0.347 e. The van der Waals surface area contributed by atoms with Crippen LogP contribution in [0.1, 0.15) is 31.2 Å². The third kappa shape index (κ3) is 3.94. The first kappa shape index (κ1) is 15.3. The molecule has 0 bridgehead atoms. The Morgan fingerprint density at radius 2 is 2.05 bits per heavy atom. The Labute approximate surface area is 129 Å². The Morgan fingerprint density at radius 3 is 2.76 bits per heavy atom. The maximum atomic E-state index is 12.2. The van der Waals surface area contributed by atoms with Gasteiger partial charge in [0, 0.05) is 6.54 Å². The summed E-state index contributed by atoms with van der Waals surface area (Å²) < 4.78 is 0. The number of benzene rings is 1. The van der Waals surface area contributed by atoms with Gasteiger partial charge in [0.25, 0.3) is 5.91 Å². The molecule has 0 fully saturated rings. The summed E-state index contributed by atoms with van der Waals surface area (Å²) in [5, 5.41) is 2.95. The first-order valence-corrected chi connectivity index (χ1v) is 7.55. The molecule has 3 N–H and O–H groups in total. The molecule has 0 unspecified atom stereocenters. The lowest BCUT2D eigenvalue weighted by molar-refractivity contribution is 0.0955. The highest BCUT2D eigenvalue weighted by Gasteiger charge is 2.11. The Kier molecular flexibility index (Phi) is 5.15. The summed E-state index contributed by atoms with van der Waals surface area (Å²) in [6, 6.07) is 9.90. The van der Waals surface area contributed by atoms with Gasteiger partial charge in [-0.3, -0.25) is 4.79 Å². The molecule has 0 spiro atoms. The van der Waals surface area contributed by atoms with Crippen LogP contribution in [0.4, 0.5) is 0 Å². The van der Waals surface area contributed by atoms with E-state index in [9.17, 15) is 4.79 Å². The molecule has 1 aromatic carbocycles. The van der Waals surface area contributed by atoms with Crippen molar-refractivity contribution in [2.75, 3.05) is 6.54 Å². The van der Waals surface area contributed by atoms with Crippen LogP contribution in [0.5, 0.6) is 0 Å². The van der Waals surface area contributed by atoms with E-state index in [4.69, 9.17) is 5.73 Å². The zero-order chi connectivity index (χ0) is 15.2. The molecule has 1 heterocycles. The highest BCUT2D eigenvalue weighted by atomic mass is 32.1. The van der Waals surface area contributed by atoms with Crippen molar-refractivity contribution in [3.05, 3.63) is 56.8 Å². The molecule has 2 aromatic rings. The molecule has 108 valence electrons. The van der Waals surface area contributed by atoms with E-state index >= 15 is 0 Å². The number of carbonyl (C=O) groups is 1. The average molecular weight is 298 g/mol. The predicted octanol–water partition coefficient (Wildman–Crippen LogP) is 2.61. The summed E-state index contributed by atoms with van der Waals surface area (Å²) in [5.74, 6) is 5.75. The highest BCUT2D eigenvalue weighted by molar-refractivity contribution is 7.14. The van der Waals surface area contributed by atoms with Crippen LogP contribution in [0.25, 0.3) is 0 Å². The first-order chi connectivity index (χ1) is 10.1. The summed E-state index contributed by atoms with van der Waals surface area (Å²) >= 11 is 1.41. The summed E-state index contributed by atoms with van der Waals surface area (Å²) in [6.45, 7) is 4.85.